The van der Waals surface area contributed by atoms with Crippen LogP contribution in [0.2, 0.25) is 0 Å². The largest absolute Gasteiger partial charge is 0.493 e. The molecular formula is C14H22BrNO2. The normalized spacial score (nSPS) is 12.6. The smallest absolute Gasteiger partial charge is 0.175 e. The van der Waals surface area contributed by atoms with Crippen molar-refractivity contribution in [2.75, 3.05) is 20.3 Å². The molecule has 0 radical (unpaired) electrons. The van der Waals surface area contributed by atoms with Crippen LogP contribution in [0.25, 0.3) is 0 Å². The van der Waals surface area contributed by atoms with Crippen LogP contribution in [0, 0.1) is 5.92 Å². The molecule has 102 valence electrons. The molecule has 0 amide bonds. The zero-order valence-corrected chi connectivity index (χ0v) is 13.1. The van der Waals surface area contributed by atoms with Gasteiger partial charge in [0.15, 0.2) is 11.5 Å². The highest BCUT2D eigenvalue weighted by Gasteiger charge is 2.09. The van der Waals surface area contributed by atoms with E-state index in [9.17, 15) is 0 Å². The van der Waals surface area contributed by atoms with Gasteiger partial charge in [0, 0.05) is 12.6 Å². The van der Waals surface area contributed by atoms with Gasteiger partial charge in [0.05, 0.1) is 11.6 Å². The number of halogens is 1. The SMILES string of the molecule is COc1cccc(Br)c1OCCNC(C)C(C)C. The zero-order chi connectivity index (χ0) is 13.5. The zero-order valence-electron chi connectivity index (χ0n) is 11.5. The van der Waals surface area contributed by atoms with Crippen LogP contribution in [0.4, 0.5) is 0 Å². The maximum Gasteiger partial charge on any atom is 0.175 e. The van der Waals surface area contributed by atoms with Crippen molar-refractivity contribution in [3.05, 3.63) is 22.7 Å². The van der Waals surface area contributed by atoms with Crippen LogP contribution in [0.15, 0.2) is 22.7 Å². The first-order chi connectivity index (χ1) is 8.56. The Hall–Kier alpha value is -0.740. The Morgan fingerprint density at radius 2 is 2.00 bits per heavy atom. The van der Waals surface area contributed by atoms with Crippen molar-refractivity contribution in [2.45, 2.75) is 26.8 Å². The molecule has 18 heavy (non-hydrogen) atoms. The summed E-state index contributed by atoms with van der Waals surface area (Å²) in [5.74, 6) is 2.14. The first-order valence-corrected chi connectivity index (χ1v) is 7.04. The Kier molecular flexibility index (Phi) is 6.50. The molecule has 0 spiro atoms. The summed E-state index contributed by atoms with van der Waals surface area (Å²) >= 11 is 3.47. The van der Waals surface area contributed by atoms with E-state index in [-0.39, 0.29) is 0 Å². The third-order valence-electron chi connectivity index (χ3n) is 2.97. The fourth-order valence-corrected chi connectivity index (χ4v) is 1.93. The van der Waals surface area contributed by atoms with Crippen LogP contribution in [0.1, 0.15) is 20.8 Å². The van der Waals surface area contributed by atoms with Crippen molar-refractivity contribution in [3.63, 3.8) is 0 Å². The summed E-state index contributed by atoms with van der Waals surface area (Å²) in [4.78, 5) is 0. The molecule has 4 heteroatoms. The second-order valence-electron chi connectivity index (χ2n) is 4.61. The molecule has 0 aliphatic heterocycles. The van der Waals surface area contributed by atoms with Crippen molar-refractivity contribution < 1.29 is 9.47 Å². The van der Waals surface area contributed by atoms with E-state index in [0.29, 0.717) is 18.6 Å². The molecule has 0 bridgehead atoms. The van der Waals surface area contributed by atoms with E-state index in [4.69, 9.17) is 9.47 Å². The quantitative estimate of drug-likeness (QED) is 0.781. The number of para-hydroxylation sites is 1. The summed E-state index contributed by atoms with van der Waals surface area (Å²) in [6, 6.07) is 6.26. The fourth-order valence-electron chi connectivity index (χ4n) is 1.47. The minimum atomic E-state index is 0.495. The van der Waals surface area contributed by atoms with Gasteiger partial charge in [-0.05, 0) is 40.9 Å². The van der Waals surface area contributed by atoms with Gasteiger partial charge in [0.2, 0.25) is 0 Å². The third-order valence-corrected chi connectivity index (χ3v) is 3.59. The number of ether oxygens (including phenoxy) is 2. The first-order valence-electron chi connectivity index (χ1n) is 6.25. The molecule has 0 fully saturated rings. The lowest BCUT2D eigenvalue weighted by atomic mass is 10.1. The Balaban J connectivity index is 2.44. The summed E-state index contributed by atoms with van der Waals surface area (Å²) in [5.41, 5.74) is 0. The number of rotatable bonds is 7. The highest BCUT2D eigenvalue weighted by molar-refractivity contribution is 9.10. The van der Waals surface area contributed by atoms with E-state index in [2.05, 4.69) is 42.0 Å². The van der Waals surface area contributed by atoms with Crippen molar-refractivity contribution in [2.24, 2.45) is 5.92 Å². The molecule has 1 N–H and O–H groups in total. The van der Waals surface area contributed by atoms with Crippen LogP contribution < -0.4 is 14.8 Å². The van der Waals surface area contributed by atoms with Gasteiger partial charge in [-0.15, -0.1) is 0 Å². The van der Waals surface area contributed by atoms with Gasteiger partial charge < -0.3 is 14.8 Å². The van der Waals surface area contributed by atoms with E-state index in [1.807, 2.05) is 18.2 Å². The molecule has 0 aromatic heterocycles. The molecule has 1 aromatic rings. The van der Waals surface area contributed by atoms with Gasteiger partial charge in [-0.2, -0.15) is 0 Å². The second-order valence-corrected chi connectivity index (χ2v) is 5.46. The van der Waals surface area contributed by atoms with E-state index >= 15 is 0 Å². The molecule has 0 heterocycles. The van der Waals surface area contributed by atoms with Gasteiger partial charge >= 0.3 is 0 Å². The molecule has 0 aliphatic carbocycles. The summed E-state index contributed by atoms with van der Waals surface area (Å²) in [7, 11) is 1.65. The van der Waals surface area contributed by atoms with Crippen LogP contribution >= 0.6 is 15.9 Å². The summed E-state index contributed by atoms with van der Waals surface area (Å²) in [6.07, 6.45) is 0. The van der Waals surface area contributed by atoms with E-state index in [1.165, 1.54) is 0 Å². The van der Waals surface area contributed by atoms with Crippen LogP contribution in [-0.2, 0) is 0 Å². The number of benzene rings is 1. The third kappa shape index (κ3) is 4.50. The van der Waals surface area contributed by atoms with Gasteiger partial charge in [-0.1, -0.05) is 19.9 Å². The summed E-state index contributed by atoms with van der Waals surface area (Å²) in [5, 5.41) is 3.43. The van der Waals surface area contributed by atoms with Gasteiger partial charge in [-0.25, -0.2) is 0 Å². The average molecular weight is 316 g/mol. The molecule has 0 saturated heterocycles. The summed E-state index contributed by atoms with van der Waals surface area (Å²) < 4.78 is 11.9. The van der Waals surface area contributed by atoms with Crippen molar-refractivity contribution in [1.29, 1.82) is 0 Å². The van der Waals surface area contributed by atoms with Crippen LogP contribution in [0.5, 0.6) is 11.5 Å². The Morgan fingerprint density at radius 1 is 1.28 bits per heavy atom. The molecule has 1 rings (SSSR count). The number of methoxy groups -OCH3 is 1. The second kappa shape index (κ2) is 7.64. The highest BCUT2D eigenvalue weighted by Crippen LogP contribution is 2.34. The lowest BCUT2D eigenvalue weighted by Crippen LogP contribution is -2.33. The standard InChI is InChI=1S/C14H22BrNO2/c1-10(2)11(3)16-8-9-18-14-12(15)6-5-7-13(14)17-4/h5-7,10-11,16H,8-9H2,1-4H3. The number of nitrogens with one attached hydrogen (secondary N) is 1. The maximum atomic E-state index is 5.75. The van der Waals surface area contributed by atoms with Gasteiger partial charge in [-0.3, -0.25) is 0 Å². The monoisotopic (exact) mass is 315 g/mol. The molecule has 1 unspecified atom stereocenters. The molecule has 0 saturated carbocycles. The van der Waals surface area contributed by atoms with Gasteiger partial charge in [0.1, 0.15) is 6.61 Å². The van der Waals surface area contributed by atoms with E-state index < -0.39 is 0 Å². The molecular weight excluding hydrogens is 294 g/mol. The molecule has 3 nitrogen and oxygen atoms in total. The Labute approximate surface area is 118 Å². The Morgan fingerprint density at radius 3 is 2.61 bits per heavy atom. The number of hydrogen-bond acceptors (Lipinski definition) is 3. The first kappa shape index (κ1) is 15.3. The fraction of sp³-hybridized carbons (Fsp3) is 0.571. The van der Waals surface area contributed by atoms with Crippen molar-refractivity contribution in [1.82, 2.24) is 5.32 Å². The lowest BCUT2D eigenvalue weighted by Gasteiger charge is -2.18. The number of hydrogen-bond donors (Lipinski definition) is 1. The van der Waals surface area contributed by atoms with Crippen LogP contribution in [-0.4, -0.2) is 26.3 Å². The predicted octanol–water partition coefficient (Wildman–Crippen LogP) is 3.47. The van der Waals surface area contributed by atoms with Gasteiger partial charge in [0.25, 0.3) is 0 Å². The summed E-state index contributed by atoms with van der Waals surface area (Å²) in [6.45, 7) is 8.04. The molecule has 1 aromatic carbocycles. The topological polar surface area (TPSA) is 30.5 Å². The van der Waals surface area contributed by atoms with E-state index in [0.717, 1.165) is 22.5 Å². The molecule has 0 aliphatic rings. The highest BCUT2D eigenvalue weighted by atomic mass is 79.9. The predicted molar refractivity (Wildman–Crippen MR) is 78.5 cm³/mol. The molecule has 1 atom stereocenters. The van der Waals surface area contributed by atoms with Crippen molar-refractivity contribution in [3.8, 4) is 11.5 Å². The Bertz CT molecular complexity index is 369. The van der Waals surface area contributed by atoms with Crippen LogP contribution in [0.3, 0.4) is 0 Å². The van der Waals surface area contributed by atoms with Crippen molar-refractivity contribution >= 4 is 15.9 Å². The maximum absolute atomic E-state index is 5.75. The minimum Gasteiger partial charge on any atom is -0.493 e. The lowest BCUT2D eigenvalue weighted by molar-refractivity contribution is 0.279. The average Bonchev–Trinajstić information content (AvgIpc) is 2.35. The minimum absolute atomic E-state index is 0.495. The van der Waals surface area contributed by atoms with E-state index in [1.54, 1.807) is 7.11 Å².